The van der Waals surface area contributed by atoms with Crippen LogP contribution in [0.25, 0.3) is 0 Å². The molecule has 3 atom stereocenters. The molecule has 0 aliphatic carbocycles. The minimum absolute atomic E-state index is 0.532. The van der Waals surface area contributed by atoms with Gasteiger partial charge in [-0.3, -0.25) is 14.4 Å². The summed E-state index contributed by atoms with van der Waals surface area (Å²) in [5, 5.41) is -2.12. The van der Waals surface area contributed by atoms with Crippen LogP contribution in [0.1, 0.15) is 310 Å². The molecule has 410 valence electrons. The molecular formula is C60H111O6PS3. The first-order valence-electron chi connectivity index (χ1n) is 29.7. The van der Waals surface area contributed by atoms with E-state index in [1.807, 2.05) is 0 Å². The fourth-order valence-electron chi connectivity index (χ4n) is 8.57. The summed E-state index contributed by atoms with van der Waals surface area (Å²) in [5.74, 6) is -1.93. The van der Waals surface area contributed by atoms with Crippen molar-refractivity contribution >= 4 is 64.4 Å². The number of allylic oxidation sites excluding steroid dienone is 6. The Bertz CT molecular complexity index is 1100. The standard InChI is InChI=1S/C60H111O6PS3/c1-4-7-10-13-16-19-22-25-28-31-34-37-40-43-46-49-52-55(68)58(61)64-67(65-59(62)56(69)53-50-47-44-41-38-35-32-29-26-23-20-17-14-11-8-5-2)66-60(63)57(70)54-51-48-45-42-39-36-33-30-27-24-21-18-15-12-9-6-3/h25-30,55-57,68-70H,4-24,31-54H2,1-3H3/b28-25-,29-26-,30-27-. The first-order chi connectivity index (χ1) is 34.3. The molecule has 6 nitrogen and oxygen atoms in total. The predicted octanol–water partition coefficient (Wildman–Crippen LogP) is 21.0. The summed E-state index contributed by atoms with van der Waals surface area (Å²) in [5.41, 5.74) is 0. The van der Waals surface area contributed by atoms with Crippen LogP contribution >= 0.6 is 46.5 Å². The number of carbonyl (C=O) groups is 3. The van der Waals surface area contributed by atoms with Gasteiger partial charge in [-0.15, -0.1) is 0 Å². The molecule has 0 heterocycles. The maximum Gasteiger partial charge on any atom is 0.537 e. The molecule has 0 rings (SSSR count). The maximum atomic E-state index is 13.2. The Kier molecular flexibility index (Phi) is 55.1. The summed E-state index contributed by atoms with van der Waals surface area (Å²) in [7, 11) is -2.61. The maximum absolute atomic E-state index is 13.2. The molecule has 0 radical (unpaired) electrons. The van der Waals surface area contributed by atoms with Gasteiger partial charge in [-0.05, 0) is 96.3 Å². The Hall–Kier alpha value is -0.890. The molecule has 0 aromatic carbocycles. The van der Waals surface area contributed by atoms with Gasteiger partial charge in [0, 0.05) is 0 Å². The van der Waals surface area contributed by atoms with Crippen molar-refractivity contribution in [2.24, 2.45) is 0 Å². The number of rotatable bonds is 54. The molecule has 70 heavy (non-hydrogen) atoms. The quantitative estimate of drug-likeness (QED) is 0.0244. The fourth-order valence-corrected chi connectivity index (χ4v) is 10.5. The minimum atomic E-state index is -2.61. The topological polar surface area (TPSA) is 78.9 Å². The van der Waals surface area contributed by atoms with Gasteiger partial charge in [-0.25, -0.2) is 0 Å². The monoisotopic (exact) mass is 1050 g/mol. The van der Waals surface area contributed by atoms with Gasteiger partial charge in [-0.1, -0.05) is 250 Å². The third kappa shape index (κ3) is 49.3. The predicted molar refractivity (Wildman–Crippen MR) is 316 cm³/mol. The van der Waals surface area contributed by atoms with Crippen molar-refractivity contribution < 1.29 is 28.0 Å². The molecule has 0 saturated carbocycles. The Morgan fingerprint density at radius 2 is 0.471 bits per heavy atom. The molecule has 0 fully saturated rings. The van der Waals surface area contributed by atoms with Gasteiger partial charge in [0.15, 0.2) is 0 Å². The molecule has 10 heteroatoms. The normalized spacial score (nSPS) is 13.6. The number of thiol groups is 3. The number of hydrogen-bond acceptors (Lipinski definition) is 9. The van der Waals surface area contributed by atoms with Crippen molar-refractivity contribution in [1.82, 2.24) is 0 Å². The van der Waals surface area contributed by atoms with Crippen molar-refractivity contribution in [3.05, 3.63) is 36.5 Å². The van der Waals surface area contributed by atoms with Gasteiger partial charge in [0.2, 0.25) is 0 Å². The second-order valence-electron chi connectivity index (χ2n) is 20.2. The van der Waals surface area contributed by atoms with Crippen LogP contribution in [0.2, 0.25) is 0 Å². The van der Waals surface area contributed by atoms with Crippen LogP contribution in [0.4, 0.5) is 0 Å². The van der Waals surface area contributed by atoms with E-state index >= 15 is 0 Å². The summed E-state index contributed by atoms with van der Waals surface area (Å²) >= 11 is 13.6. The zero-order valence-electron chi connectivity index (χ0n) is 45.8. The molecule has 0 amide bonds. The molecule has 0 aliphatic rings. The largest absolute Gasteiger partial charge is 0.537 e. The van der Waals surface area contributed by atoms with E-state index in [1.54, 1.807) is 0 Å². The molecular weight excluding hydrogens is 944 g/mol. The highest BCUT2D eigenvalue weighted by Gasteiger charge is 2.33. The van der Waals surface area contributed by atoms with E-state index in [-0.39, 0.29) is 0 Å². The lowest BCUT2D eigenvalue weighted by molar-refractivity contribution is -0.142. The highest BCUT2D eigenvalue weighted by atomic mass is 32.1. The third-order valence-electron chi connectivity index (χ3n) is 13.3. The summed E-state index contributed by atoms with van der Waals surface area (Å²) in [6, 6.07) is 0. The van der Waals surface area contributed by atoms with Gasteiger partial charge in [0.25, 0.3) is 0 Å². The van der Waals surface area contributed by atoms with Crippen molar-refractivity contribution in [1.29, 1.82) is 0 Å². The van der Waals surface area contributed by atoms with E-state index in [0.29, 0.717) is 19.3 Å². The van der Waals surface area contributed by atoms with Crippen molar-refractivity contribution in [3.8, 4) is 0 Å². The Labute approximate surface area is 451 Å². The molecule has 0 saturated heterocycles. The van der Waals surface area contributed by atoms with Gasteiger partial charge in [0.05, 0.1) is 15.7 Å². The van der Waals surface area contributed by atoms with Crippen molar-refractivity contribution in [2.75, 3.05) is 0 Å². The van der Waals surface area contributed by atoms with Gasteiger partial charge < -0.3 is 13.6 Å². The average Bonchev–Trinajstić information content (AvgIpc) is 3.35. The van der Waals surface area contributed by atoms with Crippen LogP contribution in [-0.2, 0) is 28.0 Å². The van der Waals surface area contributed by atoms with E-state index in [4.69, 9.17) is 13.6 Å². The van der Waals surface area contributed by atoms with Crippen molar-refractivity contribution in [3.63, 3.8) is 0 Å². The van der Waals surface area contributed by atoms with Crippen LogP contribution in [0, 0.1) is 0 Å². The van der Waals surface area contributed by atoms with Crippen LogP contribution in [0.3, 0.4) is 0 Å². The lowest BCUT2D eigenvalue weighted by Crippen LogP contribution is -2.23. The van der Waals surface area contributed by atoms with Crippen LogP contribution in [-0.4, -0.2) is 33.7 Å². The second kappa shape index (κ2) is 55.9. The van der Waals surface area contributed by atoms with Gasteiger partial charge in [-0.2, -0.15) is 37.9 Å². The van der Waals surface area contributed by atoms with Gasteiger partial charge >= 0.3 is 26.5 Å². The summed E-state index contributed by atoms with van der Waals surface area (Å²) < 4.78 is 16.7. The number of unbranched alkanes of at least 4 members (excludes halogenated alkanes) is 36. The third-order valence-corrected chi connectivity index (χ3v) is 15.7. The van der Waals surface area contributed by atoms with Crippen LogP contribution < -0.4 is 0 Å². The van der Waals surface area contributed by atoms with E-state index in [2.05, 4.69) is 95.1 Å². The average molecular weight is 1060 g/mol. The van der Waals surface area contributed by atoms with E-state index < -0.39 is 42.3 Å². The summed E-state index contributed by atoms with van der Waals surface area (Å²) in [6.07, 6.45) is 66.6. The molecule has 0 aromatic rings. The van der Waals surface area contributed by atoms with Crippen LogP contribution in [0.5, 0.6) is 0 Å². The zero-order chi connectivity index (χ0) is 51.2. The molecule has 0 N–H and O–H groups in total. The first kappa shape index (κ1) is 69.1. The summed E-state index contributed by atoms with van der Waals surface area (Å²) in [4.78, 5) is 39.6. The Balaban J connectivity index is 4.70. The molecule has 0 aliphatic heterocycles. The SMILES string of the molecule is CCCCCCCC/C=C\CCCCCCCCC(S)C(=O)OP(OC(=O)C(S)CCCCCCCC/C=C\CCCCCCCC)OC(=O)C(S)CCCCCCCC/C=C\CCCCCCCC. The molecule has 0 spiro atoms. The fraction of sp³-hybridized carbons (Fsp3) is 0.850. The first-order valence-corrected chi connectivity index (χ1v) is 32.4. The Morgan fingerprint density at radius 1 is 0.300 bits per heavy atom. The van der Waals surface area contributed by atoms with Gasteiger partial charge in [0.1, 0.15) is 0 Å². The lowest BCUT2D eigenvalue weighted by atomic mass is 10.1. The smallest absolute Gasteiger partial charge is 0.374 e. The van der Waals surface area contributed by atoms with E-state index in [0.717, 1.165) is 77.0 Å². The minimum Gasteiger partial charge on any atom is -0.374 e. The molecule has 0 aromatic heterocycles. The number of hydrogen-bond donors (Lipinski definition) is 3. The molecule has 0 bridgehead atoms. The zero-order valence-corrected chi connectivity index (χ0v) is 49.3. The molecule has 3 unspecified atom stereocenters. The highest BCUT2D eigenvalue weighted by molar-refractivity contribution is 7.82. The highest BCUT2D eigenvalue weighted by Crippen LogP contribution is 2.43. The van der Waals surface area contributed by atoms with Crippen LogP contribution in [0.15, 0.2) is 36.5 Å². The summed E-state index contributed by atoms with van der Waals surface area (Å²) in [6.45, 7) is 6.79. The lowest BCUT2D eigenvalue weighted by Gasteiger charge is -2.20. The second-order valence-corrected chi connectivity index (χ2v) is 23.0. The van der Waals surface area contributed by atoms with E-state index in [1.165, 1.54) is 193 Å². The van der Waals surface area contributed by atoms with Crippen molar-refractivity contribution in [2.45, 2.75) is 325 Å². The van der Waals surface area contributed by atoms with E-state index in [9.17, 15) is 14.4 Å². The number of carbonyl (C=O) groups excluding carboxylic acids is 3. The Morgan fingerprint density at radius 3 is 0.671 bits per heavy atom.